The Balaban J connectivity index is 1.68. The molecule has 5 nitrogen and oxygen atoms in total. The highest BCUT2D eigenvalue weighted by Gasteiger charge is 2.27. The minimum atomic E-state index is -0.177. The van der Waals surface area contributed by atoms with Crippen LogP contribution in [-0.2, 0) is 0 Å². The first-order chi connectivity index (χ1) is 12.1. The van der Waals surface area contributed by atoms with Crippen LogP contribution in [0.5, 0.6) is 0 Å². The number of nitrogens with zero attached hydrogens (tertiary/aromatic N) is 4. The molecule has 0 saturated heterocycles. The van der Waals surface area contributed by atoms with Gasteiger partial charge in [0.1, 0.15) is 5.82 Å². The summed E-state index contributed by atoms with van der Waals surface area (Å²) in [7, 11) is 0. The van der Waals surface area contributed by atoms with Gasteiger partial charge >= 0.3 is 0 Å². The molecule has 1 aromatic heterocycles. The number of thioether (sulfide) groups is 1. The van der Waals surface area contributed by atoms with E-state index in [1.807, 2.05) is 43.3 Å². The zero-order valence-electron chi connectivity index (χ0n) is 13.5. The van der Waals surface area contributed by atoms with Crippen LogP contribution in [0.3, 0.4) is 0 Å². The van der Waals surface area contributed by atoms with Crippen LogP contribution >= 0.6 is 23.4 Å². The Bertz CT molecular complexity index is 939. The molecule has 7 heteroatoms. The Hall–Kier alpha value is -2.31. The summed E-state index contributed by atoms with van der Waals surface area (Å²) in [5.74, 6) is 1.54. The molecule has 0 spiro atoms. The van der Waals surface area contributed by atoms with Crippen LogP contribution in [0.25, 0.3) is 5.69 Å². The van der Waals surface area contributed by atoms with Crippen molar-refractivity contribution in [3.63, 3.8) is 0 Å². The molecule has 25 heavy (non-hydrogen) atoms. The number of hydrogen-bond acceptors (Lipinski definition) is 4. The van der Waals surface area contributed by atoms with Gasteiger partial charge in [0.25, 0.3) is 5.91 Å². The number of carbonyl (C=O) groups excluding carboxylic acids is 1. The van der Waals surface area contributed by atoms with Crippen LogP contribution in [-0.4, -0.2) is 33.0 Å². The second kappa shape index (κ2) is 6.54. The summed E-state index contributed by atoms with van der Waals surface area (Å²) in [5.41, 5.74) is 1.74. The maximum atomic E-state index is 13.0. The topological polar surface area (TPSA) is 51.0 Å². The highest BCUT2D eigenvalue weighted by atomic mass is 35.5. The van der Waals surface area contributed by atoms with E-state index >= 15 is 0 Å². The van der Waals surface area contributed by atoms with Gasteiger partial charge in [-0.3, -0.25) is 4.79 Å². The molecule has 0 N–H and O–H groups in total. The summed E-state index contributed by atoms with van der Waals surface area (Å²) in [4.78, 5) is 20.2. The third kappa shape index (κ3) is 3.03. The molecule has 2 heterocycles. The first-order valence-electron chi connectivity index (χ1n) is 7.87. The van der Waals surface area contributed by atoms with Crippen LogP contribution in [0.1, 0.15) is 16.4 Å². The lowest BCUT2D eigenvalue weighted by atomic mass is 10.2. The molecule has 0 bridgehead atoms. The van der Waals surface area contributed by atoms with Gasteiger partial charge in [0.05, 0.1) is 11.4 Å². The highest BCUT2D eigenvalue weighted by Crippen LogP contribution is 2.34. The Morgan fingerprint density at radius 3 is 2.72 bits per heavy atom. The van der Waals surface area contributed by atoms with E-state index in [0.717, 1.165) is 22.0 Å². The van der Waals surface area contributed by atoms with Crippen molar-refractivity contribution >= 4 is 35.0 Å². The van der Waals surface area contributed by atoms with Crippen LogP contribution < -0.4 is 4.90 Å². The van der Waals surface area contributed by atoms with Gasteiger partial charge in [0.2, 0.25) is 5.82 Å². The predicted octanol–water partition coefficient (Wildman–Crippen LogP) is 3.98. The third-order valence-corrected chi connectivity index (χ3v) is 5.30. The smallest absolute Gasteiger partial charge is 0.298 e. The minimum Gasteiger partial charge on any atom is -0.304 e. The molecule has 0 fully saturated rings. The van der Waals surface area contributed by atoms with E-state index < -0.39 is 0 Å². The number of amides is 1. The fraction of sp³-hybridized carbons (Fsp3) is 0.167. The first-order valence-corrected chi connectivity index (χ1v) is 9.23. The van der Waals surface area contributed by atoms with E-state index in [-0.39, 0.29) is 11.7 Å². The number of aryl methyl sites for hydroxylation is 1. The number of fused-ring (bicyclic) bond motifs is 1. The van der Waals surface area contributed by atoms with Crippen molar-refractivity contribution in [1.82, 2.24) is 14.8 Å². The summed E-state index contributed by atoms with van der Waals surface area (Å²) in [6.07, 6.45) is 0. The maximum Gasteiger partial charge on any atom is 0.298 e. The lowest BCUT2D eigenvalue weighted by molar-refractivity contribution is 0.0978. The fourth-order valence-corrected chi connectivity index (χ4v) is 3.93. The van der Waals surface area contributed by atoms with Gasteiger partial charge in [0, 0.05) is 22.2 Å². The molecular weight excluding hydrogens is 356 g/mol. The van der Waals surface area contributed by atoms with Gasteiger partial charge in [-0.05, 0) is 43.3 Å². The Morgan fingerprint density at radius 1 is 1.16 bits per heavy atom. The number of halogens is 1. The molecule has 0 aliphatic carbocycles. The van der Waals surface area contributed by atoms with Crippen molar-refractivity contribution in [3.05, 3.63) is 65.2 Å². The molecular formula is C18H15ClN4OS. The largest absolute Gasteiger partial charge is 0.304 e. The minimum absolute atomic E-state index is 0.177. The SMILES string of the molecule is Cc1nc(C(=O)N2CCSc3ccccc32)nn1-c1ccc(Cl)cc1. The molecule has 1 aliphatic rings. The van der Waals surface area contributed by atoms with E-state index in [1.165, 1.54) is 0 Å². The maximum absolute atomic E-state index is 13.0. The van der Waals surface area contributed by atoms with Gasteiger partial charge in [-0.25, -0.2) is 9.67 Å². The zero-order valence-corrected chi connectivity index (χ0v) is 15.1. The summed E-state index contributed by atoms with van der Waals surface area (Å²) >= 11 is 7.70. The van der Waals surface area contributed by atoms with E-state index in [9.17, 15) is 4.79 Å². The molecule has 1 aliphatic heterocycles. The van der Waals surface area contributed by atoms with Gasteiger partial charge in [-0.1, -0.05) is 23.7 Å². The van der Waals surface area contributed by atoms with E-state index in [2.05, 4.69) is 10.1 Å². The van der Waals surface area contributed by atoms with Crippen molar-refractivity contribution in [1.29, 1.82) is 0 Å². The molecule has 126 valence electrons. The van der Waals surface area contributed by atoms with E-state index in [1.54, 1.807) is 33.5 Å². The number of para-hydroxylation sites is 1. The summed E-state index contributed by atoms with van der Waals surface area (Å²) in [6, 6.07) is 15.2. The van der Waals surface area contributed by atoms with Gasteiger partial charge in [0.15, 0.2) is 0 Å². The second-order valence-electron chi connectivity index (χ2n) is 5.64. The molecule has 2 aromatic carbocycles. The van der Waals surface area contributed by atoms with Crippen molar-refractivity contribution in [2.24, 2.45) is 0 Å². The van der Waals surface area contributed by atoms with Crippen LogP contribution in [0.4, 0.5) is 5.69 Å². The van der Waals surface area contributed by atoms with Gasteiger partial charge in [-0.15, -0.1) is 16.9 Å². The molecule has 0 atom stereocenters. The standard InChI is InChI=1S/C18H15ClN4OS/c1-12-20-17(21-23(12)14-8-6-13(19)7-9-14)18(24)22-10-11-25-16-5-3-2-4-15(16)22/h2-9H,10-11H2,1H3. The van der Waals surface area contributed by atoms with E-state index in [0.29, 0.717) is 17.4 Å². The Kier molecular flexibility index (Phi) is 4.23. The summed E-state index contributed by atoms with van der Waals surface area (Å²) in [5, 5.41) is 5.08. The molecule has 0 radical (unpaired) electrons. The first kappa shape index (κ1) is 16.2. The number of carbonyl (C=O) groups is 1. The lowest BCUT2D eigenvalue weighted by Gasteiger charge is -2.27. The quantitative estimate of drug-likeness (QED) is 0.684. The molecule has 0 saturated carbocycles. The van der Waals surface area contributed by atoms with Crippen LogP contribution in [0, 0.1) is 6.92 Å². The lowest BCUT2D eigenvalue weighted by Crippen LogP contribution is -2.36. The number of hydrogen-bond donors (Lipinski definition) is 0. The summed E-state index contributed by atoms with van der Waals surface area (Å²) < 4.78 is 1.66. The number of rotatable bonds is 2. The fourth-order valence-electron chi connectivity index (χ4n) is 2.81. The number of anilines is 1. The second-order valence-corrected chi connectivity index (χ2v) is 7.22. The van der Waals surface area contributed by atoms with E-state index in [4.69, 9.17) is 11.6 Å². The van der Waals surface area contributed by atoms with Crippen molar-refractivity contribution < 1.29 is 4.79 Å². The molecule has 3 aromatic rings. The third-order valence-electron chi connectivity index (χ3n) is 4.01. The highest BCUT2D eigenvalue weighted by molar-refractivity contribution is 7.99. The Labute approximate surface area is 154 Å². The molecule has 4 rings (SSSR count). The van der Waals surface area contributed by atoms with Crippen LogP contribution in [0.15, 0.2) is 53.4 Å². The number of benzene rings is 2. The normalized spacial score (nSPS) is 13.6. The number of aromatic nitrogens is 3. The summed E-state index contributed by atoms with van der Waals surface area (Å²) in [6.45, 7) is 2.48. The van der Waals surface area contributed by atoms with Gasteiger partial charge in [-0.2, -0.15) is 0 Å². The van der Waals surface area contributed by atoms with Crippen molar-refractivity contribution in [3.8, 4) is 5.69 Å². The average molecular weight is 371 g/mol. The monoisotopic (exact) mass is 370 g/mol. The predicted molar refractivity (Wildman–Crippen MR) is 99.9 cm³/mol. The zero-order chi connectivity index (χ0) is 17.4. The van der Waals surface area contributed by atoms with Crippen molar-refractivity contribution in [2.45, 2.75) is 11.8 Å². The average Bonchev–Trinajstić information content (AvgIpc) is 3.03. The molecule has 0 unspecified atom stereocenters. The van der Waals surface area contributed by atoms with Crippen molar-refractivity contribution in [2.75, 3.05) is 17.2 Å². The van der Waals surface area contributed by atoms with Gasteiger partial charge < -0.3 is 4.90 Å². The van der Waals surface area contributed by atoms with Crippen LogP contribution in [0.2, 0.25) is 5.02 Å². The molecule has 1 amide bonds. The Morgan fingerprint density at radius 2 is 1.92 bits per heavy atom.